The van der Waals surface area contributed by atoms with Gasteiger partial charge in [-0.2, -0.15) is 0 Å². The van der Waals surface area contributed by atoms with Crippen molar-refractivity contribution in [1.82, 2.24) is 9.71 Å². The van der Waals surface area contributed by atoms with Gasteiger partial charge < -0.3 is 9.40 Å². The van der Waals surface area contributed by atoms with E-state index < -0.39 is 16.1 Å². The normalized spacial score (nSPS) is 13.6. The number of rotatable bonds is 4. The van der Waals surface area contributed by atoms with E-state index in [1.807, 2.05) is 0 Å². The average molecular weight is 316 g/mol. The number of aromatic nitrogens is 1. The summed E-state index contributed by atoms with van der Waals surface area (Å²) in [5.41, 5.74) is 1.13. The number of aromatic amines is 1. The van der Waals surface area contributed by atoms with Crippen LogP contribution in [0.3, 0.4) is 0 Å². The minimum atomic E-state index is -3.73. The molecule has 2 aromatic heterocycles. The molecule has 0 aromatic carbocycles. The van der Waals surface area contributed by atoms with Crippen molar-refractivity contribution >= 4 is 21.4 Å². The molecule has 110 valence electrons. The Balaban J connectivity index is 2.31. The van der Waals surface area contributed by atoms with Crippen LogP contribution in [0.5, 0.6) is 0 Å². The number of aryl methyl sites for hydroxylation is 3. The van der Waals surface area contributed by atoms with Crippen molar-refractivity contribution in [3.8, 4) is 0 Å². The molecular weight excluding hydrogens is 300 g/mol. The zero-order valence-corrected chi connectivity index (χ0v) is 13.2. The molecule has 0 aliphatic carbocycles. The summed E-state index contributed by atoms with van der Waals surface area (Å²) in [5.74, 6) is 1.41. The molecule has 1 unspecified atom stereocenters. The predicted octanol–water partition coefficient (Wildman–Crippen LogP) is 1.99. The van der Waals surface area contributed by atoms with Crippen LogP contribution in [0.4, 0.5) is 0 Å². The fourth-order valence-corrected chi connectivity index (χ4v) is 4.62. The molecule has 1 atom stereocenters. The van der Waals surface area contributed by atoms with Gasteiger partial charge in [-0.1, -0.05) is 11.3 Å². The fourth-order valence-electron chi connectivity index (χ4n) is 2.08. The van der Waals surface area contributed by atoms with Crippen LogP contribution < -0.4 is 9.60 Å². The highest BCUT2D eigenvalue weighted by Gasteiger charge is 2.24. The summed E-state index contributed by atoms with van der Waals surface area (Å²) in [5, 5.41) is 0. The number of thiazole rings is 1. The van der Waals surface area contributed by atoms with Gasteiger partial charge in [-0.15, -0.1) is 0 Å². The monoisotopic (exact) mass is 316 g/mol. The van der Waals surface area contributed by atoms with E-state index in [1.54, 1.807) is 33.8 Å². The zero-order valence-electron chi connectivity index (χ0n) is 11.6. The molecule has 0 amide bonds. The molecule has 2 N–H and O–H groups in total. The second-order valence-corrected chi connectivity index (χ2v) is 7.53. The van der Waals surface area contributed by atoms with Gasteiger partial charge in [0.2, 0.25) is 0 Å². The first-order chi connectivity index (χ1) is 9.20. The van der Waals surface area contributed by atoms with Crippen molar-refractivity contribution < 1.29 is 12.8 Å². The summed E-state index contributed by atoms with van der Waals surface area (Å²) in [7, 11) is -3.73. The maximum absolute atomic E-state index is 12.3. The highest BCUT2D eigenvalue weighted by atomic mass is 32.2. The average Bonchev–Trinajstić information content (AvgIpc) is 2.81. The van der Waals surface area contributed by atoms with Gasteiger partial charge in [0.25, 0.3) is 10.0 Å². The second kappa shape index (κ2) is 5.19. The third kappa shape index (κ3) is 2.87. The molecule has 6 nitrogen and oxygen atoms in total. The quantitative estimate of drug-likeness (QED) is 0.902. The van der Waals surface area contributed by atoms with Crippen LogP contribution in [0.2, 0.25) is 0 Å². The number of sulfonamides is 1. The van der Waals surface area contributed by atoms with Crippen LogP contribution in [0.1, 0.15) is 35.7 Å². The van der Waals surface area contributed by atoms with E-state index in [1.165, 1.54) is 0 Å². The van der Waals surface area contributed by atoms with E-state index >= 15 is 0 Å². The number of H-pyrrole nitrogens is 1. The second-order valence-electron chi connectivity index (χ2n) is 4.64. The Labute approximate surface area is 120 Å². The van der Waals surface area contributed by atoms with Crippen molar-refractivity contribution in [3.05, 3.63) is 38.5 Å². The lowest BCUT2D eigenvalue weighted by atomic mass is 10.1. The molecular formula is C12H16N2O4S2. The molecule has 2 aromatic rings. The van der Waals surface area contributed by atoms with E-state index in [0.717, 1.165) is 11.3 Å². The first kappa shape index (κ1) is 15.0. The van der Waals surface area contributed by atoms with Gasteiger partial charge in [0, 0.05) is 17.3 Å². The van der Waals surface area contributed by atoms with Crippen LogP contribution >= 0.6 is 11.3 Å². The number of furan rings is 1. The van der Waals surface area contributed by atoms with Crippen LogP contribution in [0.25, 0.3) is 0 Å². The lowest BCUT2D eigenvalue weighted by Gasteiger charge is -2.12. The Bertz CT molecular complexity index is 783. The fraction of sp³-hybridized carbons (Fsp3) is 0.417. The molecule has 0 bridgehead atoms. The third-order valence-electron chi connectivity index (χ3n) is 2.90. The van der Waals surface area contributed by atoms with Crippen LogP contribution in [-0.2, 0) is 10.0 Å². The number of hydrogen-bond acceptors (Lipinski definition) is 5. The summed E-state index contributed by atoms with van der Waals surface area (Å²) in [6.45, 7) is 6.89. The van der Waals surface area contributed by atoms with E-state index in [4.69, 9.17) is 4.42 Å². The molecule has 0 fully saturated rings. The first-order valence-corrected chi connectivity index (χ1v) is 8.29. The van der Waals surface area contributed by atoms with Gasteiger partial charge in [-0.3, -0.25) is 4.79 Å². The molecule has 2 heterocycles. The van der Waals surface area contributed by atoms with Crippen LogP contribution in [0.15, 0.2) is 19.5 Å². The van der Waals surface area contributed by atoms with Crippen molar-refractivity contribution in [1.29, 1.82) is 0 Å². The van der Waals surface area contributed by atoms with Gasteiger partial charge in [0.15, 0.2) is 4.21 Å². The standard InChI is InChI=1S/C12H16N2O4S2/c1-6-5-10(9(4)18-6)7(2)14-20(16,17)11-8(3)13-12(15)19-11/h5,7,14H,1-4H3,(H,13,15). The minimum absolute atomic E-state index is 0.0206. The van der Waals surface area contributed by atoms with Crippen molar-refractivity contribution in [2.75, 3.05) is 0 Å². The summed E-state index contributed by atoms with van der Waals surface area (Å²) in [4.78, 5) is 13.3. The predicted molar refractivity (Wildman–Crippen MR) is 76.6 cm³/mol. The molecule has 2 rings (SSSR count). The van der Waals surface area contributed by atoms with Crippen molar-refractivity contribution in [2.24, 2.45) is 0 Å². The van der Waals surface area contributed by atoms with Gasteiger partial charge in [-0.25, -0.2) is 13.1 Å². The summed E-state index contributed by atoms with van der Waals surface area (Å²) in [6, 6.07) is 1.36. The van der Waals surface area contributed by atoms with E-state index in [-0.39, 0.29) is 9.08 Å². The summed E-state index contributed by atoms with van der Waals surface area (Å²) >= 11 is 0.683. The number of nitrogens with one attached hydrogen (secondary N) is 2. The molecule has 0 saturated heterocycles. The lowest BCUT2D eigenvalue weighted by molar-refractivity contribution is 0.496. The largest absolute Gasteiger partial charge is 0.466 e. The summed E-state index contributed by atoms with van der Waals surface area (Å²) < 4.78 is 32.5. The van der Waals surface area contributed by atoms with E-state index in [0.29, 0.717) is 22.8 Å². The molecule has 0 aliphatic heterocycles. The SMILES string of the molecule is Cc1cc(C(C)NS(=O)(=O)c2sc(=O)[nH]c2C)c(C)o1. The maximum atomic E-state index is 12.3. The Morgan fingerprint density at radius 1 is 1.35 bits per heavy atom. The highest BCUT2D eigenvalue weighted by Crippen LogP contribution is 2.24. The topological polar surface area (TPSA) is 92.2 Å². The maximum Gasteiger partial charge on any atom is 0.305 e. The van der Waals surface area contributed by atoms with Crippen molar-refractivity contribution in [3.63, 3.8) is 0 Å². The minimum Gasteiger partial charge on any atom is -0.466 e. The first-order valence-electron chi connectivity index (χ1n) is 5.99. The Morgan fingerprint density at radius 3 is 2.45 bits per heavy atom. The van der Waals surface area contributed by atoms with Gasteiger partial charge in [-0.05, 0) is 33.8 Å². The number of hydrogen-bond donors (Lipinski definition) is 2. The Kier molecular flexibility index (Phi) is 3.90. The van der Waals surface area contributed by atoms with E-state index in [2.05, 4.69) is 9.71 Å². The van der Waals surface area contributed by atoms with Crippen molar-refractivity contribution in [2.45, 2.75) is 37.9 Å². The molecule has 8 heteroatoms. The van der Waals surface area contributed by atoms with Gasteiger partial charge in [0.1, 0.15) is 11.5 Å². The molecule has 0 saturated carbocycles. The van der Waals surface area contributed by atoms with E-state index in [9.17, 15) is 13.2 Å². The smallest absolute Gasteiger partial charge is 0.305 e. The highest BCUT2D eigenvalue weighted by molar-refractivity contribution is 7.91. The molecule has 20 heavy (non-hydrogen) atoms. The molecule has 0 radical (unpaired) electrons. The van der Waals surface area contributed by atoms with Crippen LogP contribution in [0, 0.1) is 20.8 Å². The van der Waals surface area contributed by atoms with Crippen LogP contribution in [-0.4, -0.2) is 13.4 Å². The Morgan fingerprint density at radius 2 is 2.00 bits per heavy atom. The Hall–Kier alpha value is -1.38. The zero-order chi connectivity index (χ0) is 15.1. The molecule has 0 spiro atoms. The van der Waals surface area contributed by atoms with Gasteiger partial charge in [0.05, 0.1) is 0 Å². The van der Waals surface area contributed by atoms with Gasteiger partial charge >= 0.3 is 4.87 Å². The summed E-state index contributed by atoms with van der Waals surface area (Å²) in [6.07, 6.45) is 0. The molecule has 0 aliphatic rings. The third-order valence-corrected chi connectivity index (χ3v) is 6.05. The lowest BCUT2D eigenvalue weighted by Crippen LogP contribution is -2.26.